The van der Waals surface area contributed by atoms with Crippen molar-refractivity contribution in [2.45, 2.75) is 18.9 Å². The van der Waals surface area contributed by atoms with Gasteiger partial charge in [-0.25, -0.2) is 0 Å². The molecular weight excluding hydrogens is 278 g/mol. The minimum Gasteiger partial charge on any atom is -0.497 e. The molecule has 19 heavy (non-hydrogen) atoms. The predicted octanol–water partition coefficient (Wildman–Crippen LogP) is 4.30. The zero-order valence-electron chi connectivity index (χ0n) is 11.2. The maximum absolute atomic E-state index is 6.19. The molecular formula is C15H18ClNOS. The Morgan fingerprint density at radius 3 is 2.53 bits per heavy atom. The second kappa shape index (κ2) is 6.94. The summed E-state index contributed by atoms with van der Waals surface area (Å²) < 4.78 is 5.16. The lowest BCUT2D eigenvalue weighted by molar-refractivity contribution is 0.414. The summed E-state index contributed by atoms with van der Waals surface area (Å²) in [5.74, 6) is 0.898. The van der Waals surface area contributed by atoms with Crippen molar-refractivity contribution < 1.29 is 4.74 Å². The van der Waals surface area contributed by atoms with Crippen molar-refractivity contribution in [3.63, 3.8) is 0 Å². The first-order valence-electron chi connectivity index (χ1n) is 6.27. The number of nitrogens with one attached hydrogen (secondary N) is 1. The number of benzene rings is 1. The molecule has 0 saturated carbocycles. The van der Waals surface area contributed by atoms with E-state index in [-0.39, 0.29) is 0 Å². The van der Waals surface area contributed by atoms with Crippen LogP contribution in [-0.2, 0) is 6.42 Å². The molecule has 1 aromatic heterocycles. The quantitative estimate of drug-likeness (QED) is 0.858. The lowest BCUT2D eigenvalue weighted by Gasteiger charge is -2.15. The number of rotatable bonds is 6. The van der Waals surface area contributed by atoms with Gasteiger partial charge in [-0.1, -0.05) is 23.7 Å². The third-order valence-corrected chi connectivity index (χ3v) is 4.66. The minimum absolute atomic E-state index is 0.314. The van der Waals surface area contributed by atoms with Crippen LogP contribution in [0.4, 0.5) is 0 Å². The molecule has 1 unspecified atom stereocenters. The van der Waals surface area contributed by atoms with Crippen LogP contribution < -0.4 is 10.1 Å². The van der Waals surface area contributed by atoms with Crippen LogP contribution in [0.5, 0.6) is 5.75 Å². The summed E-state index contributed by atoms with van der Waals surface area (Å²) in [4.78, 5) is 1.22. The normalized spacial score (nSPS) is 12.4. The number of hydrogen-bond donors (Lipinski definition) is 1. The maximum atomic E-state index is 6.19. The molecule has 0 aliphatic heterocycles. The first-order valence-corrected chi connectivity index (χ1v) is 7.53. The molecule has 1 N–H and O–H groups in total. The minimum atomic E-state index is 0.314. The first kappa shape index (κ1) is 14.4. The molecule has 0 aliphatic rings. The highest BCUT2D eigenvalue weighted by atomic mass is 35.5. The number of ether oxygens (including phenoxy) is 1. The van der Waals surface area contributed by atoms with Crippen molar-refractivity contribution in [2.24, 2.45) is 0 Å². The molecule has 2 rings (SSSR count). The van der Waals surface area contributed by atoms with Crippen LogP contribution >= 0.6 is 22.9 Å². The fourth-order valence-electron chi connectivity index (χ4n) is 2.06. The second-order valence-corrected chi connectivity index (χ2v) is 5.72. The van der Waals surface area contributed by atoms with Gasteiger partial charge in [0.2, 0.25) is 0 Å². The molecule has 0 amide bonds. The monoisotopic (exact) mass is 295 g/mol. The van der Waals surface area contributed by atoms with Gasteiger partial charge in [0.25, 0.3) is 0 Å². The van der Waals surface area contributed by atoms with Crippen molar-refractivity contribution in [3.8, 4) is 5.75 Å². The van der Waals surface area contributed by atoms with Crippen LogP contribution in [0, 0.1) is 0 Å². The smallest absolute Gasteiger partial charge is 0.118 e. The van der Waals surface area contributed by atoms with E-state index in [9.17, 15) is 0 Å². The number of thiophene rings is 1. The van der Waals surface area contributed by atoms with Gasteiger partial charge in [-0.2, -0.15) is 0 Å². The average Bonchev–Trinajstić information content (AvgIpc) is 2.87. The molecule has 4 heteroatoms. The van der Waals surface area contributed by atoms with Crippen LogP contribution in [-0.4, -0.2) is 14.2 Å². The molecule has 0 spiro atoms. The fourth-order valence-corrected chi connectivity index (χ4v) is 3.40. The number of halogens is 1. The molecule has 0 saturated heterocycles. The van der Waals surface area contributed by atoms with E-state index in [0.29, 0.717) is 6.04 Å². The molecule has 0 fully saturated rings. The van der Waals surface area contributed by atoms with Crippen molar-refractivity contribution in [1.29, 1.82) is 0 Å². The highest BCUT2D eigenvalue weighted by Gasteiger charge is 2.14. The Balaban J connectivity index is 1.98. The van der Waals surface area contributed by atoms with E-state index in [1.54, 1.807) is 18.4 Å². The third kappa shape index (κ3) is 3.72. The van der Waals surface area contributed by atoms with Crippen LogP contribution in [0.1, 0.15) is 22.9 Å². The van der Waals surface area contributed by atoms with Crippen LogP contribution in [0.25, 0.3) is 0 Å². The summed E-state index contributed by atoms with van der Waals surface area (Å²) in [6.45, 7) is 0. The van der Waals surface area contributed by atoms with E-state index in [1.807, 2.05) is 30.6 Å². The van der Waals surface area contributed by atoms with Gasteiger partial charge in [-0.15, -0.1) is 11.3 Å². The molecule has 2 aromatic rings. The Morgan fingerprint density at radius 2 is 2.00 bits per heavy atom. The van der Waals surface area contributed by atoms with E-state index < -0.39 is 0 Å². The zero-order valence-corrected chi connectivity index (χ0v) is 12.7. The molecule has 1 heterocycles. The summed E-state index contributed by atoms with van der Waals surface area (Å²) in [6, 6.07) is 10.5. The average molecular weight is 296 g/mol. The SMILES string of the molecule is CNC(CCc1ccc(OC)cc1)c1sccc1Cl. The van der Waals surface area contributed by atoms with Gasteiger partial charge in [0.15, 0.2) is 0 Å². The van der Waals surface area contributed by atoms with Crippen molar-refractivity contribution in [2.75, 3.05) is 14.2 Å². The van der Waals surface area contributed by atoms with E-state index in [2.05, 4.69) is 17.4 Å². The van der Waals surface area contributed by atoms with E-state index >= 15 is 0 Å². The predicted molar refractivity (Wildman–Crippen MR) is 82.4 cm³/mol. The molecule has 0 radical (unpaired) electrons. The van der Waals surface area contributed by atoms with Crippen LogP contribution in [0.3, 0.4) is 0 Å². The molecule has 1 atom stereocenters. The number of methoxy groups -OCH3 is 1. The van der Waals surface area contributed by atoms with Gasteiger partial charge in [-0.3, -0.25) is 0 Å². The Labute approximate surface area is 123 Å². The number of aryl methyl sites for hydroxylation is 1. The van der Waals surface area contributed by atoms with Crippen LogP contribution in [0.15, 0.2) is 35.7 Å². The molecule has 0 bridgehead atoms. The highest BCUT2D eigenvalue weighted by molar-refractivity contribution is 7.10. The molecule has 0 aliphatic carbocycles. The van der Waals surface area contributed by atoms with E-state index in [4.69, 9.17) is 16.3 Å². The maximum Gasteiger partial charge on any atom is 0.118 e. The van der Waals surface area contributed by atoms with Gasteiger partial charge in [0.1, 0.15) is 5.75 Å². The standard InChI is InChI=1S/C15H18ClNOS/c1-17-14(15-13(16)9-10-19-15)8-5-11-3-6-12(18-2)7-4-11/h3-4,6-7,9-10,14,17H,5,8H2,1-2H3. The third-order valence-electron chi connectivity index (χ3n) is 3.19. The summed E-state index contributed by atoms with van der Waals surface area (Å²) in [7, 11) is 3.67. The van der Waals surface area contributed by atoms with Crippen molar-refractivity contribution >= 4 is 22.9 Å². The van der Waals surface area contributed by atoms with Crippen molar-refractivity contribution in [3.05, 3.63) is 51.2 Å². The van der Waals surface area contributed by atoms with E-state index in [1.165, 1.54) is 10.4 Å². The molecule has 1 aromatic carbocycles. The first-order chi connectivity index (χ1) is 9.24. The highest BCUT2D eigenvalue weighted by Crippen LogP contribution is 2.31. The summed E-state index contributed by atoms with van der Waals surface area (Å²) in [5.41, 5.74) is 1.31. The van der Waals surface area contributed by atoms with Crippen LogP contribution in [0.2, 0.25) is 5.02 Å². The topological polar surface area (TPSA) is 21.3 Å². The lowest BCUT2D eigenvalue weighted by Crippen LogP contribution is -2.16. The molecule has 102 valence electrons. The fraction of sp³-hybridized carbons (Fsp3) is 0.333. The summed E-state index contributed by atoms with van der Waals surface area (Å²) >= 11 is 7.90. The Kier molecular flexibility index (Phi) is 5.25. The van der Waals surface area contributed by atoms with Crippen molar-refractivity contribution in [1.82, 2.24) is 5.32 Å². The van der Waals surface area contributed by atoms with Gasteiger partial charge >= 0.3 is 0 Å². The summed E-state index contributed by atoms with van der Waals surface area (Å²) in [5, 5.41) is 6.24. The largest absolute Gasteiger partial charge is 0.497 e. The van der Waals surface area contributed by atoms with Gasteiger partial charge in [-0.05, 0) is 49.0 Å². The Bertz CT molecular complexity index is 509. The Morgan fingerprint density at radius 1 is 1.26 bits per heavy atom. The number of hydrogen-bond acceptors (Lipinski definition) is 3. The molecule has 2 nitrogen and oxygen atoms in total. The Hall–Kier alpha value is -1.03. The van der Waals surface area contributed by atoms with E-state index in [0.717, 1.165) is 23.6 Å². The van der Waals surface area contributed by atoms with Gasteiger partial charge in [0, 0.05) is 10.9 Å². The summed E-state index contributed by atoms with van der Waals surface area (Å²) in [6.07, 6.45) is 2.05. The zero-order chi connectivity index (χ0) is 13.7. The van der Waals surface area contributed by atoms with Gasteiger partial charge < -0.3 is 10.1 Å². The van der Waals surface area contributed by atoms with Gasteiger partial charge in [0.05, 0.1) is 12.1 Å². The second-order valence-electron chi connectivity index (χ2n) is 4.36. The lowest BCUT2D eigenvalue weighted by atomic mass is 10.0.